The van der Waals surface area contributed by atoms with Crippen LogP contribution in [0.15, 0.2) is 30.3 Å². The van der Waals surface area contributed by atoms with Crippen LogP contribution in [0.5, 0.6) is 11.5 Å². The zero-order valence-electron chi connectivity index (χ0n) is 14.4. The van der Waals surface area contributed by atoms with Crippen molar-refractivity contribution in [3.63, 3.8) is 0 Å². The van der Waals surface area contributed by atoms with Gasteiger partial charge in [-0.15, -0.1) is 23.7 Å². The van der Waals surface area contributed by atoms with Gasteiger partial charge in [0.25, 0.3) is 5.91 Å². The van der Waals surface area contributed by atoms with E-state index in [1.807, 2.05) is 30.3 Å². The number of halogens is 1. The highest BCUT2D eigenvalue weighted by molar-refractivity contribution is 7.17. The van der Waals surface area contributed by atoms with Crippen LogP contribution in [0.2, 0.25) is 0 Å². The van der Waals surface area contributed by atoms with Gasteiger partial charge < -0.3 is 20.5 Å². The molecule has 5 nitrogen and oxygen atoms in total. The fourth-order valence-electron chi connectivity index (χ4n) is 3.33. The predicted molar refractivity (Wildman–Crippen MR) is 106 cm³/mol. The number of ether oxygens (including phenoxy) is 2. The standard InChI is InChI=1S/C19H22N2O3S.ClH/c20-13-2-4-14(5-3-13)21-19(22)18-8-7-17(25-18)12-1-6-15-16(11-12)24-10-9-23-15;/h1,6-8,11,13-14H,2-5,9-10,20H2,(H,21,22);1H. The number of nitrogens with two attached hydrogens (primary N) is 1. The first-order valence-corrected chi connectivity index (χ1v) is 9.57. The molecule has 2 heterocycles. The summed E-state index contributed by atoms with van der Waals surface area (Å²) in [6.07, 6.45) is 3.90. The molecule has 0 saturated heterocycles. The Morgan fingerprint density at radius 2 is 1.77 bits per heavy atom. The summed E-state index contributed by atoms with van der Waals surface area (Å²) in [5, 5.41) is 3.14. The zero-order valence-corrected chi connectivity index (χ0v) is 16.0. The average molecular weight is 395 g/mol. The van der Waals surface area contributed by atoms with Gasteiger partial charge in [0.05, 0.1) is 4.88 Å². The summed E-state index contributed by atoms with van der Waals surface area (Å²) in [5.74, 6) is 1.55. The Hall–Kier alpha value is -1.76. The number of carbonyl (C=O) groups excluding carboxylic acids is 1. The van der Waals surface area contributed by atoms with Crippen molar-refractivity contribution in [3.05, 3.63) is 35.2 Å². The number of thiophene rings is 1. The third-order valence-electron chi connectivity index (χ3n) is 4.76. The molecule has 0 spiro atoms. The maximum atomic E-state index is 12.5. The fraction of sp³-hybridized carbons (Fsp3) is 0.421. The molecule has 1 aromatic heterocycles. The first-order chi connectivity index (χ1) is 12.2. The molecule has 1 aliphatic heterocycles. The number of amides is 1. The summed E-state index contributed by atoms with van der Waals surface area (Å²) >= 11 is 1.50. The monoisotopic (exact) mass is 394 g/mol. The van der Waals surface area contributed by atoms with Crippen LogP contribution in [0.4, 0.5) is 0 Å². The summed E-state index contributed by atoms with van der Waals surface area (Å²) in [5.41, 5.74) is 6.96. The molecule has 0 bridgehead atoms. The summed E-state index contributed by atoms with van der Waals surface area (Å²) in [4.78, 5) is 14.3. The SMILES string of the molecule is Cl.NC1CCC(NC(=O)c2ccc(-c3ccc4c(c3)OCCO4)s2)CC1. The number of benzene rings is 1. The number of hydrogen-bond acceptors (Lipinski definition) is 5. The zero-order chi connectivity index (χ0) is 17.2. The molecule has 1 aromatic carbocycles. The molecule has 4 rings (SSSR count). The Labute approximate surface area is 163 Å². The number of fused-ring (bicyclic) bond motifs is 1. The van der Waals surface area contributed by atoms with Crippen molar-refractivity contribution >= 4 is 29.7 Å². The van der Waals surface area contributed by atoms with Crippen molar-refractivity contribution in [2.75, 3.05) is 13.2 Å². The Morgan fingerprint density at radius 3 is 2.54 bits per heavy atom. The van der Waals surface area contributed by atoms with Crippen LogP contribution in [0.3, 0.4) is 0 Å². The maximum absolute atomic E-state index is 12.5. The summed E-state index contributed by atoms with van der Waals surface area (Å²) in [6.45, 7) is 1.15. The van der Waals surface area contributed by atoms with Gasteiger partial charge in [0.1, 0.15) is 13.2 Å². The molecule has 0 unspecified atom stereocenters. The molecule has 2 aliphatic rings. The summed E-state index contributed by atoms with van der Waals surface area (Å²) in [7, 11) is 0. The molecule has 1 amide bonds. The van der Waals surface area contributed by atoms with Crippen molar-refractivity contribution in [1.82, 2.24) is 5.32 Å². The highest BCUT2D eigenvalue weighted by Crippen LogP contribution is 2.37. The van der Waals surface area contributed by atoms with Crippen molar-refractivity contribution in [2.45, 2.75) is 37.8 Å². The normalized spacial score (nSPS) is 21.6. The van der Waals surface area contributed by atoms with E-state index in [1.54, 1.807) is 0 Å². The van der Waals surface area contributed by atoms with Crippen molar-refractivity contribution in [3.8, 4) is 21.9 Å². The topological polar surface area (TPSA) is 73.6 Å². The molecule has 0 radical (unpaired) electrons. The highest BCUT2D eigenvalue weighted by atomic mass is 35.5. The minimum atomic E-state index is 0. The van der Waals surface area contributed by atoms with E-state index in [0.717, 1.165) is 52.5 Å². The second-order valence-electron chi connectivity index (χ2n) is 6.61. The van der Waals surface area contributed by atoms with Gasteiger partial charge in [-0.25, -0.2) is 0 Å². The second kappa shape index (κ2) is 8.29. The highest BCUT2D eigenvalue weighted by Gasteiger charge is 2.21. The predicted octanol–water partition coefficient (Wildman–Crippen LogP) is 3.61. The van der Waals surface area contributed by atoms with Crippen LogP contribution in [-0.4, -0.2) is 31.2 Å². The number of carbonyl (C=O) groups is 1. The Morgan fingerprint density at radius 1 is 1.04 bits per heavy atom. The summed E-state index contributed by atoms with van der Waals surface area (Å²) in [6, 6.07) is 10.3. The van der Waals surface area contributed by atoms with E-state index in [1.165, 1.54) is 11.3 Å². The van der Waals surface area contributed by atoms with Gasteiger partial charge in [0.2, 0.25) is 0 Å². The molecule has 1 aliphatic carbocycles. The first-order valence-electron chi connectivity index (χ1n) is 8.75. The molecule has 3 N–H and O–H groups in total. The molecular weight excluding hydrogens is 372 g/mol. The van der Waals surface area contributed by atoms with Gasteiger partial charge in [-0.05, 0) is 61.6 Å². The van der Waals surface area contributed by atoms with E-state index in [-0.39, 0.29) is 30.4 Å². The molecule has 140 valence electrons. The fourth-order valence-corrected chi connectivity index (χ4v) is 4.24. The van der Waals surface area contributed by atoms with E-state index in [0.29, 0.717) is 13.2 Å². The molecular formula is C19H23ClN2O3S. The quantitative estimate of drug-likeness (QED) is 0.834. The largest absolute Gasteiger partial charge is 0.486 e. The van der Waals surface area contributed by atoms with E-state index in [4.69, 9.17) is 15.2 Å². The first kappa shape index (κ1) is 19.0. The Bertz CT molecular complexity index is 772. The van der Waals surface area contributed by atoms with Gasteiger partial charge in [-0.3, -0.25) is 4.79 Å². The third kappa shape index (κ3) is 4.14. The molecule has 26 heavy (non-hydrogen) atoms. The van der Waals surface area contributed by atoms with E-state index in [9.17, 15) is 4.79 Å². The molecule has 1 fully saturated rings. The minimum Gasteiger partial charge on any atom is -0.486 e. The maximum Gasteiger partial charge on any atom is 0.261 e. The Balaban J connectivity index is 0.00000196. The molecule has 2 aromatic rings. The number of hydrogen-bond donors (Lipinski definition) is 2. The van der Waals surface area contributed by atoms with Gasteiger partial charge in [0, 0.05) is 17.0 Å². The van der Waals surface area contributed by atoms with Crippen LogP contribution in [-0.2, 0) is 0 Å². The molecule has 0 atom stereocenters. The molecule has 7 heteroatoms. The van der Waals surface area contributed by atoms with Crippen molar-refractivity contribution in [1.29, 1.82) is 0 Å². The lowest BCUT2D eigenvalue weighted by Crippen LogP contribution is -2.40. The third-order valence-corrected chi connectivity index (χ3v) is 5.90. The van der Waals surface area contributed by atoms with Crippen LogP contribution >= 0.6 is 23.7 Å². The van der Waals surface area contributed by atoms with Crippen LogP contribution in [0, 0.1) is 0 Å². The minimum absolute atomic E-state index is 0. The van der Waals surface area contributed by atoms with E-state index in [2.05, 4.69) is 5.32 Å². The number of rotatable bonds is 3. The van der Waals surface area contributed by atoms with Crippen LogP contribution in [0.1, 0.15) is 35.4 Å². The van der Waals surface area contributed by atoms with Crippen molar-refractivity contribution in [2.24, 2.45) is 5.73 Å². The lowest BCUT2D eigenvalue weighted by molar-refractivity contribution is 0.0930. The van der Waals surface area contributed by atoms with Gasteiger partial charge >= 0.3 is 0 Å². The lowest BCUT2D eigenvalue weighted by Gasteiger charge is -2.26. The van der Waals surface area contributed by atoms with Gasteiger partial charge in [0.15, 0.2) is 11.5 Å². The Kier molecular flexibility index (Phi) is 6.06. The average Bonchev–Trinajstić information content (AvgIpc) is 3.13. The smallest absolute Gasteiger partial charge is 0.261 e. The number of nitrogens with one attached hydrogen (secondary N) is 1. The second-order valence-corrected chi connectivity index (χ2v) is 7.69. The van der Waals surface area contributed by atoms with Gasteiger partial charge in [-0.1, -0.05) is 0 Å². The lowest BCUT2D eigenvalue weighted by atomic mass is 9.92. The molecule has 1 saturated carbocycles. The summed E-state index contributed by atoms with van der Waals surface area (Å²) < 4.78 is 11.2. The van der Waals surface area contributed by atoms with Crippen molar-refractivity contribution < 1.29 is 14.3 Å². The van der Waals surface area contributed by atoms with Gasteiger partial charge in [-0.2, -0.15) is 0 Å². The van der Waals surface area contributed by atoms with E-state index >= 15 is 0 Å². The van der Waals surface area contributed by atoms with Crippen LogP contribution in [0.25, 0.3) is 10.4 Å². The van der Waals surface area contributed by atoms with Crippen LogP contribution < -0.4 is 20.5 Å². The van der Waals surface area contributed by atoms with E-state index < -0.39 is 0 Å².